The minimum absolute atomic E-state index is 0.101. The number of fused-ring (bicyclic) bond motifs is 1. The van der Waals surface area contributed by atoms with Crippen molar-refractivity contribution in [2.45, 2.75) is 26.7 Å². The predicted octanol–water partition coefficient (Wildman–Crippen LogP) is 4.33. The number of benzene rings is 2. The highest BCUT2D eigenvalue weighted by Gasteiger charge is 2.28. The molecule has 0 saturated heterocycles. The molecule has 0 unspecified atom stereocenters. The van der Waals surface area contributed by atoms with E-state index in [0.29, 0.717) is 22.7 Å². The molecular formula is C24H23N3O4S. The Bertz CT molecular complexity index is 1170. The molecule has 8 heteroatoms. The molecular weight excluding hydrogens is 426 g/mol. The van der Waals surface area contributed by atoms with Gasteiger partial charge in [0.2, 0.25) is 5.91 Å². The summed E-state index contributed by atoms with van der Waals surface area (Å²) in [4.78, 5) is 42.8. The molecule has 1 aromatic heterocycles. The van der Waals surface area contributed by atoms with Crippen molar-refractivity contribution >= 4 is 40.3 Å². The van der Waals surface area contributed by atoms with Gasteiger partial charge in [0.25, 0.3) is 5.91 Å². The molecule has 3 aromatic rings. The minimum atomic E-state index is -0.275. The van der Waals surface area contributed by atoms with E-state index in [4.69, 9.17) is 4.74 Å². The number of thiazole rings is 1. The largest absolute Gasteiger partial charge is 0.482 e. The van der Waals surface area contributed by atoms with E-state index >= 15 is 0 Å². The van der Waals surface area contributed by atoms with E-state index in [9.17, 15) is 14.4 Å². The van der Waals surface area contributed by atoms with E-state index in [2.05, 4.69) is 17.2 Å². The van der Waals surface area contributed by atoms with Crippen molar-refractivity contribution in [3.63, 3.8) is 0 Å². The summed E-state index contributed by atoms with van der Waals surface area (Å²) < 4.78 is 5.58. The average Bonchev–Trinajstić information content (AvgIpc) is 3.24. The van der Waals surface area contributed by atoms with Gasteiger partial charge in [0, 0.05) is 29.1 Å². The molecule has 4 rings (SSSR count). The summed E-state index contributed by atoms with van der Waals surface area (Å²) in [6, 6.07) is 12.2. The Morgan fingerprint density at radius 1 is 1.19 bits per heavy atom. The van der Waals surface area contributed by atoms with E-state index in [0.717, 1.165) is 29.1 Å². The molecule has 0 radical (unpaired) electrons. The van der Waals surface area contributed by atoms with E-state index in [1.165, 1.54) is 11.8 Å². The number of hydrogen-bond donors (Lipinski definition) is 1. The molecule has 2 amide bonds. The van der Waals surface area contributed by atoms with Gasteiger partial charge in [0.05, 0.1) is 22.9 Å². The third-order valence-corrected chi connectivity index (χ3v) is 5.95. The van der Waals surface area contributed by atoms with Gasteiger partial charge in [-0.05, 0) is 55.3 Å². The third-order valence-electron chi connectivity index (χ3n) is 5.04. The fourth-order valence-corrected chi connectivity index (χ4v) is 4.39. The zero-order valence-electron chi connectivity index (χ0n) is 17.9. The Hall–Kier alpha value is -3.52. The Kier molecular flexibility index (Phi) is 6.32. The predicted molar refractivity (Wildman–Crippen MR) is 124 cm³/mol. The number of nitrogens with zero attached hydrogens (tertiary/aromatic N) is 2. The minimum Gasteiger partial charge on any atom is -0.482 e. The van der Waals surface area contributed by atoms with Crippen molar-refractivity contribution in [1.29, 1.82) is 0 Å². The highest BCUT2D eigenvalue weighted by atomic mass is 32.1. The van der Waals surface area contributed by atoms with E-state index in [1.807, 2.05) is 23.6 Å². The quantitative estimate of drug-likeness (QED) is 0.543. The highest BCUT2D eigenvalue weighted by Crippen LogP contribution is 2.36. The molecule has 0 spiro atoms. The van der Waals surface area contributed by atoms with Crippen LogP contribution in [0.4, 0.5) is 11.4 Å². The number of amides is 2. The first-order valence-electron chi connectivity index (χ1n) is 10.4. The highest BCUT2D eigenvalue weighted by molar-refractivity contribution is 7.09. The molecule has 2 aromatic carbocycles. The maximum absolute atomic E-state index is 12.9. The summed E-state index contributed by atoms with van der Waals surface area (Å²) in [5.41, 5.74) is 3.35. The second-order valence-electron chi connectivity index (χ2n) is 7.51. The van der Waals surface area contributed by atoms with Crippen molar-refractivity contribution in [3.8, 4) is 17.0 Å². The summed E-state index contributed by atoms with van der Waals surface area (Å²) in [5.74, 6) is -0.101. The summed E-state index contributed by atoms with van der Waals surface area (Å²) in [6.45, 7) is 3.32. The number of carbonyl (C=O) groups excluding carboxylic acids is 3. The number of carbonyl (C=O) groups is 3. The van der Waals surface area contributed by atoms with Crippen LogP contribution in [0.1, 0.15) is 35.6 Å². The standard InChI is InChI=1S/C24H23N3O4S/c1-3-4-23-26-19(14-32-23)17-7-10-22-20(11-17)27(24(30)13-31-22)12-21(29)16-5-8-18(9-6-16)25-15(2)28/h5-11,14H,3-4,12-13H2,1-2H3,(H,25,28). The normalized spacial score (nSPS) is 12.8. The maximum Gasteiger partial charge on any atom is 0.265 e. The lowest BCUT2D eigenvalue weighted by molar-refractivity contribution is -0.121. The number of ketones is 1. The molecule has 0 bridgehead atoms. The van der Waals surface area contributed by atoms with Crippen molar-refractivity contribution in [2.75, 3.05) is 23.4 Å². The number of Topliss-reactive ketones (excluding diaryl/α,β-unsaturated/α-hetero) is 1. The van der Waals surface area contributed by atoms with Crippen LogP contribution in [-0.2, 0) is 16.0 Å². The van der Waals surface area contributed by atoms with Gasteiger partial charge < -0.3 is 10.1 Å². The lowest BCUT2D eigenvalue weighted by atomic mass is 10.1. The van der Waals surface area contributed by atoms with Crippen LogP contribution in [0.5, 0.6) is 5.75 Å². The van der Waals surface area contributed by atoms with Crippen molar-refractivity contribution in [2.24, 2.45) is 0 Å². The van der Waals surface area contributed by atoms with E-state index in [-0.39, 0.29) is 30.7 Å². The molecule has 7 nitrogen and oxygen atoms in total. The zero-order valence-corrected chi connectivity index (χ0v) is 18.7. The van der Waals surface area contributed by atoms with Crippen LogP contribution >= 0.6 is 11.3 Å². The number of anilines is 2. The maximum atomic E-state index is 12.9. The topological polar surface area (TPSA) is 88.6 Å². The first-order valence-corrected chi connectivity index (χ1v) is 11.3. The smallest absolute Gasteiger partial charge is 0.265 e. The van der Waals surface area contributed by atoms with Crippen LogP contribution in [-0.4, -0.2) is 35.7 Å². The Labute approximate surface area is 190 Å². The number of aryl methyl sites for hydroxylation is 1. The first kappa shape index (κ1) is 21.7. The van der Waals surface area contributed by atoms with Crippen LogP contribution in [0, 0.1) is 0 Å². The summed E-state index contributed by atoms with van der Waals surface area (Å²) >= 11 is 1.62. The van der Waals surface area contributed by atoms with Crippen molar-refractivity contribution in [1.82, 2.24) is 4.98 Å². The molecule has 0 aliphatic carbocycles. The van der Waals surface area contributed by atoms with Crippen LogP contribution < -0.4 is 15.0 Å². The zero-order chi connectivity index (χ0) is 22.7. The number of aromatic nitrogens is 1. The van der Waals surface area contributed by atoms with Crippen LogP contribution in [0.3, 0.4) is 0 Å². The van der Waals surface area contributed by atoms with Gasteiger partial charge >= 0.3 is 0 Å². The number of ether oxygens (including phenoxy) is 1. The number of hydrogen-bond acceptors (Lipinski definition) is 6. The fraction of sp³-hybridized carbons (Fsp3) is 0.250. The number of rotatable bonds is 7. The van der Waals surface area contributed by atoms with E-state index in [1.54, 1.807) is 35.6 Å². The molecule has 1 aliphatic heterocycles. The van der Waals surface area contributed by atoms with Gasteiger partial charge in [-0.25, -0.2) is 4.98 Å². The van der Waals surface area contributed by atoms with Crippen LogP contribution in [0.2, 0.25) is 0 Å². The monoisotopic (exact) mass is 449 g/mol. The molecule has 0 fully saturated rings. The first-order chi connectivity index (χ1) is 15.4. The molecule has 1 N–H and O–H groups in total. The summed E-state index contributed by atoms with van der Waals surface area (Å²) in [6.07, 6.45) is 1.96. The summed E-state index contributed by atoms with van der Waals surface area (Å²) in [7, 11) is 0. The molecule has 164 valence electrons. The Morgan fingerprint density at radius 2 is 1.97 bits per heavy atom. The Morgan fingerprint density at radius 3 is 2.69 bits per heavy atom. The van der Waals surface area contributed by atoms with Gasteiger partial charge in [-0.15, -0.1) is 11.3 Å². The lowest BCUT2D eigenvalue weighted by Crippen LogP contribution is -2.42. The van der Waals surface area contributed by atoms with Crippen molar-refractivity contribution < 1.29 is 19.1 Å². The second kappa shape index (κ2) is 9.32. The number of nitrogens with one attached hydrogen (secondary N) is 1. The summed E-state index contributed by atoms with van der Waals surface area (Å²) in [5, 5.41) is 5.74. The average molecular weight is 450 g/mol. The molecule has 0 saturated carbocycles. The van der Waals surface area contributed by atoms with Crippen LogP contribution in [0.15, 0.2) is 47.8 Å². The molecule has 2 heterocycles. The SMILES string of the molecule is CCCc1nc(-c2ccc3c(c2)N(CC(=O)c2ccc(NC(C)=O)cc2)C(=O)CO3)cs1. The molecule has 32 heavy (non-hydrogen) atoms. The molecule has 0 atom stereocenters. The van der Waals surface area contributed by atoms with Crippen molar-refractivity contribution in [3.05, 3.63) is 58.4 Å². The third kappa shape index (κ3) is 4.70. The van der Waals surface area contributed by atoms with Crippen LogP contribution in [0.25, 0.3) is 11.3 Å². The second-order valence-corrected chi connectivity index (χ2v) is 8.45. The van der Waals surface area contributed by atoms with E-state index < -0.39 is 0 Å². The van der Waals surface area contributed by atoms with Gasteiger partial charge in [-0.3, -0.25) is 19.3 Å². The Balaban J connectivity index is 1.57. The van der Waals surface area contributed by atoms with Gasteiger partial charge in [-0.2, -0.15) is 0 Å². The lowest BCUT2D eigenvalue weighted by Gasteiger charge is -2.29. The fourth-order valence-electron chi connectivity index (χ4n) is 3.48. The van der Waals surface area contributed by atoms with Gasteiger partial charge in [0.1, 0.15) is 5.75 Å². The van der Waals surface area contributed by atoms with Gasteiger partial charge in [-0.1, -0.05) is 6.92 Å². The molecule has 1 aliphatic rings. The van der Waals surface area contributed by atoms with Gasteiger partial charge in [0.15, 0.2) is 12.4 Å².